The number of hydrogen-bond acceptors (Lipinski definition) is 4. The molecule has 1 aromatic rings. The van der Waals surface area contributed by atoms with Crippen LogP contribution < -0.4 is 9.47 Å². The first-order valence-electron chi connectivity index (χ1n) is 6.94. The molecule has 20 heavy (non-hydrogen) atoms. The standard InChI is InChI=1S/C16H20O4/c1-3-5-12-6-7-13(14(17)4-2)16-15(12)19-10-8-18-9-11-20-16/h4,6-7H,2-3,5,8-11H2,1H3. The number of ketones is 1. The molecule has 0 aromatic heterocycles. The minimum Gasteiger partial charge on any atom is -0.487 e. The summed E-state index contributed by atoms with van der Waals surface area (Å²) in [6.45, 7) is 7.51. The lowest BCUT2D eigenvalue weighted by atomic mass is 10.0. The molecule has 0 bridgehead atoms. The second-order valence-corrected chi connectivity index (χ2v) is 4.56. The molecule has 4 nitrogen and oxygen atoms in total. The summed E-state index contributed by atoms with van der Waals surface area (Å²) < 4.78 is 16.9. The zero-order valence-corrected chi connectivity index (χ0v) is 11.8. The summed E-state index contributed by atoms with van der Waals surface area (Å²) in [4.78, 5) is 12.0. The van der Waals surface area contributed by atoms with Gasteiger partial charge in [0.05, 0.1) is 18.8 Å². The van der Waals surface area contributed by atoms with E-state index in [0.29, 0.717) is 43.5 Å². The summed E-state index contributed by atoms with van der Waals surface area (Å²) in [5.74, 6) is 1.03. The topological polar surface area (TPSA) is 44.8 Å². The van der Waals surface area contributed by atoms with Gasteiger partial charge in [0, 0.05) is 0 Å². The Kier molecular flexibility index (Phi) is 5.18. The molecule has 0 saturated heterocycles. The van der Waals surface area contributed by atoms with Crippen LogP contribution in [0.5, 0.6) is 11.5 Å². The van der Waals surface area contributed by atoms with Gasteiger partial charge in [-0.1, -0.05) is 26.0 Å². The van der Waals surface area contributed by atoms with Crippen LogP contribution in [0.1, 0.15) is 29.3 Å². The summed E-state index contributed by atoms with van der Waals surface area (Å²) in [5.41, 5.74) is 1.56. The molecule has 0 N–H and O–H groups in total. The number of rotatable bonds is 4. The van der Waals surface area contributed by atoms with Gasteiger partial charge in [-0.3, -0.25) is 4.79 Å². The Bertz CT molecular complexity index is 493. The molecular formula is C16H20O4. The molecule has 0 unspecified atom stereocenters. The number of allylic oxidation sites excluding steroid dienone is 1. The van der Waals surface area contributed by atoms with Gasteiger partial charge in [-0.05, 0) is 24.1 Å². The number of aryl methyl sites for hydroxylation is 1. The molecular weight excluding hydrogens is 256 g/mol. The van der Waals surface area contributed by atoms with Crippen LogP contribution in [0.2, 0.25) is 0 Å². The molecule has 1 aromatic carbocycles. The number of carbonyl (C=O) groups is 1. The monoisotopic (exact) mass is 276 g/mol. The van der Waals surface area contributed by atoms with Crippen molar-refractivity contribution in [1.29, 1.82) is 0 Å². The van der Waals surface area contributed by atoms with Crippen LogP contribution in [-0.4, -0.2) is 32.2 Å². The SMILES string of the molecule is C=CC(=O)c1ccc(CCC)c2c1OCCOCCO2. The lowest BCUT2D eigenvalue weighted by Gasteiger charge is -2.17. The van der Waals surface area contributed by atoms with Crippen LogP contribution in [0.25, 0.3) is 0 Å². The Labute approximate surface area is 119 Å². The first-order chi connectivity index (χ1) is 9.77. The lowest BCUT2D eigenvalue weighted by Crippen LogP contribution is -2.09. The Morgan fingerprint density at radius 3 is 2.55 bits per heavy atom. The third kappa shape index (κ3) is 3.20. The molecule has 0 fully saturated rings. The maximum absolute atomic E-state index is 12.0. The number of ether oxygens (including phenoxy) is 3. The Morgan fingerprint density at radius 2 is 1.90 bits per heavy atom. The van der Waals surface area contributed by atoms with E-state index in [1.165, 1.54) is 6.08 Å². The molecule has 0 atom stereocenters. The van der Waals surface area contributed by atoms with Crippen LogP contribution in [0.15, 0.2) is 24.8 Å². The Hall–Kier alpha value is -1.81. The highest BCUT2D eigenvalue weighted by Crippen LogP contribution is 2.36. The van der Waals surface area contributed by atoms with Gasteiger partial charge < -0.3 is 14.2 Å². The highest BCUT2D eigenvalue weighted by molar-refractivity contribution is 6.06. The first kappa shape index (κ1) is 14.6. The highest BCUT2D eigenvalue weighted by Gasteiger charge is 2.20. The predicted octanol–water partition coefficient (Wildman–Crippen LogP) is 2.80. The molecule has 0 spiro atoms. The van der Waals surface area contributed by atoms with E-state index in [1.807, 2.05) is 6.07 Å². The Balaban J connectivity index is 2.48. The van der Waals surface area contributed by atoms with Gasteiger partial charge in [0.1, 0.15) is 13.2 Å². The fraction of sp³-hybridized carbons (Fsp3) is 0.438. The minimum atomic E-state index is -0.159. The van der Waals surface area contributed by atoms with E-state index in [4.69, 9.17) is 14.2 Å². The summed E-state index contributed by atoms with van der Waals surface area (Å²) in [7, 11) is 0. The first-order valence-corrected chi connectivity index (χ1v) is 6.94. The van der Waals surface area contributed by atoms with Crippen LogP contribution in [0.4, 0.5) is 0 Å². The van der Waals surface area contributed by atoms with Crippen molar-refractivity contribution in [3.8, 4) is 11.5 Å². The number of benzene rings is 1. The third-order valence-corrected chi connectivity index (χ3v) is 3.11. The summed E-state index contributed by atoms with van der Waals surface area (Å²) >= 11 is 0. The molecule has 1 aliphatic heterocycles. The summed E-state index contributed by atoms with van der Waals surface area (Å²) in [6, 6.07) is 3.72. The largest absolute Gasteiger partial charge is 0.487 e. The van der Waals surface area contributed by atoms with Crippen LogP contribution >= 0.6 is 0 Å². The maximum atomic E-state index is 12.0. The number of fused-ring (bicyclic) bond motifs is 1. The quantitative estimate of drug-likeness (QED) is 0.626. The zero-order valence-electron chi connectivity index (χ0n) is 11.8. The van der Waals surface area contributed by atoms with Gasteiger partial charge >= 0.3 is 0 Å². The average molecular weight is 276 g/mol. The van der Waals surface area contributed by atoms with E-state index in [0.717, 1.165) is 18.4 Å². The predicted molar refractivity (Wildman–Crippen MR) is 76.8 cm³/mol. The van der Waals surface area contributed by atoms with E-state index < -0.39 is 0 Å². The lowest BCUT2D eigenvalue weighted by molar-refractivity contribution is 0.0872. The molecule has 1 aliphatic rings. The molecule has 0 radical (unpaired) electrons. The summed E-state index contributed by atoms with van der Waals surface area (Å²) in [5, 5.41) is 0. The van der Waals surface area contributed by atoms with Gasteiger partial charge in [-0.25, -0.2) is 0 Å². The third-order valence-electron chi connectivity index (χ3n) is 3.11. The van der Waals surface area contributed by atoms with E-state index in [9.17, 15) is 4.79 Å². The minimum absolute atomic E-state index is 0.159. The molecule has 1 heterocycles. The van der Waals surface area contributed by atoms with Crippen molar-refractivity contribution in [3.05, 3.63) is 35.9 Å². The normalized spacial score (nSPS) is 14.8. The van der Waals surface area contributed by atoms with Crippen molar-refractivity contribution in [3.63, 3.8) is 0 Å². The second-order valence-electron chi connectivity index (χ2n) is 4.56. The van der Waals surface area contributed by atoms with Crippen LogP contribution in [0.3, 0.4) is 0 Å². The van der Waals surface area contributed by atoms with E-state index in [1.54, 1.807) is 6.07 Å². The molecule has 0 saturated carbocycles. The molecule has 108 valence electrons. The van der Waals surface area contributed by atoms with Gasteiger partial charge in [0.2, 0.25) is 0 Å². The van der Waals surface area contributed by atoms with Crippen molar-refractivity contribution >= 4 is 5.78 Å². The fourth-order valence-corrected chi connectivity index (χ4v) is 2.18. The second kappa shape index (κ2) is 7.10. The Morgan fingerprint density at radius 1 is 1.20 bits per heavy atom. The van der Waals surface area contributed by atoms with Crippen molar-refractivity contribution in [1.82, 2.24) is 0 Å². The van der Waals surface area contributed by atoms with Crippen LogP contribution in [-0.2, 0) is 11.2 Å². The maximum Gasteiger partial charge on any atom is 0.189 e. The van der Waals surface area contributed by atoms with Gasteiger partial charge in [-0.2, -0.15) is 0 Å². The highest BCUT2D eigenvalue weighted by atomic mass is 16.6. The van der Waals surface area contributed by atoms with Gasteiger partial charge in [0.25, 0.3) is 0 Å². The van der Waals surface area contributed by atoms with Crippen molar-refractivity contribution in [2.24, 2.45) is 0 Å². The van der Waals surface area contributed by atoms with Gasteiger partial charge in [-0.15, -0.1) is 0 Å². The van der Waals surface area contributed by atoms with Gasteiger partial charge in [0.15, 0.2) is 17.3 Å². The smallest absolute Gasteiger partial charge is 0.189 e. The van der Waals surface area contributed by atoms with E-state index >= 15 is 0 Å². The van der Waals surface area contributed by atoms with E-state index in [-0.39, 0.29) is 5.78 Å². The van der Waals surface area contributed by atoms with Crippen molar-refractivity contribution < 1.29 is 19.0 Å². The molecule has 0 amide bonds. The average Bonchev–Trinajstić information content (AvgIpc) is 2.59. The van der Waals surface area contributed by atoms with Crippen LogP contribution in [0, 0.1) is 0 Å². The fourth-order valence-electron chi connectivity index (χ4n) is 2.18. The van der Waals surface area contributed by atoms with Crippen molar-refractivity contribution in [2.75, 3.05) is 26.4 Å². The number of hydrogen-bond donors (Lipinski definition) is 0. The molecule has 2 rings (SSSR count). The molecule has 0 aliphatic carbocycles. The molecule has 4 heteroatoms. The summed E-state index contributed by atoms with van der Waals surface area (Å²) in [6.07, 6.45) is 3.18. The zero-order chi connectivity index (χ0) is 14.4. The van der Waals surface area contributed by atoms with E-state index in [2.05, 4.69) is 13.5 Å². The van der Waals surface area contributed by atoms with Crippen molar-refractivity contribution in [2.45, 2.75) is 19.8 Å². The number of carbonyl (C=O) groups excluding carboxylic acids is 1.